The number of aliphatic hydroxyl groups excluding tert-OH is 1. The Kier molecular flexibility index (Phi) is 5.51. The predicted octanol–water partition coefficient (Wildman–Crippen LogP) is 3.36. The van der Waals surface area contributed by atoms with Crippen molar-refractivity contribution in [1.82, 2.24) is 9.88 Å². The van der Waals surface area contributed by atoms with Gasteiger partial charge in [-0.2, -0.15) is 0 Å². The lowest BCUT2D eigenvalue weighted by Gasteiger charge is -2.32. The molecule has 2 aliphatic heterocycles. The lowest BCUT2D eigenvalue weighted by atomic mass is 10.0. The highest BCUT2D eigenvalue weighted by atomic mass is 32.1. The van der Waals surface area contributed by atoms with E-state index in [1.165, 1.54) is 41.8 Å². The number of benzene rings is 1. The molecule has 3 heterocycles. The molecule has 2 aliphatic rings. The maximum atomic E-state index is 9.17. The second-order valence-electron chi connectivity index (χ2n) is 6.68. The number of hydrogen-bond acceptors (Lipinski definition) is 5. The van der Waals surface area contributed by atoms with Gasteiger partial charge < -0.3 is 14.9 Å². The van der Waals surface area contributed by atoms with Gasteiger partial charge in [-0.3, -0.25) is 0 Å². The van der Waals surface area contributed by atoms with Crippen molar-refractivity contribution in [2.24, 2.45) is 0 Å². The Morgan fingerprint density at radius 1 is 1.22 bits per heavy atom. The zero-order valence-electron chi connectivity index (χ0n) is 14.1. The first kappa shape index (κ1) is 16.7. The van der Waals surface area contributed by atoms with Crippen molar-refractivity contribution >= 4 is 27.2 Å². The van der Waals surface area contributed by atoms with Gasteiger partial charge in [-0.25, -0.2) is 4.98 Å². The van der Waals surface area contributed by atoms with E-state index in [0.717, 1.165) is 19.4 Å². The second kappa shape index (κ2) is 7.60. The van der Waals surface area contributed by atoms with E-state index in [-0.39, 0.29) is 6.10 Å². The van der Waals surface area contributed by atoms with E-state index in [1.807, 2.05) is 5.51 Å². The number of nitrogens with zero attached hydrogens (tertiary/aromatic N) is 3. The number of para-hydroxylation sites is 1. The maximum Gasteiger partial charge on any atom is 0.104 e. The van der Waals surface area contributed by atoms with Crippen LogP contribution >= 0.6 is 11.3 Å². The van der Waals surface area contributed by atoms with Gasteiger partial charge in [0.25, 0.3) is 0 Å². The first-order valence-corrected chi connectivity index (χ1v) is 9.48. The van der Waals surface area contributed by atoms with E-state index in [1.54, 1.807) is 11.3 Å². The van der Waals surface area contributed by atoms with Gasteiger partial charge in [-0.05, 0) is 51.8 Å². The lowest BCUT2D eigenvalue weighted by molar-refractivity contribution is 0.0624. The number of piperidine rings is 1. The van der Waals surface area contributed by atoms with Crippen molar-refractivity contribution in [2.75, 3.05) is 31.6 Å². The van der Waals surface area contributed by atoms with Crippen LogP contribution in [0.5, 0.6) is 0 Å². The first-order chi connectivity index (χ1) is 11.1. The van der Waals surface area contributed by atoms with Crippen LogP contribution in [0.4, 0.5) is 5.69 Å². The molecule has 23 heavy (non-hydrogen) atoms. The molecule has 0 amide bonds. The van der Waals surface area contributed by atoms with Crippen LogP contribution in [0, 0.1) is 0 Å². The van der Waals surface area contributed by atoms with Gasteiger partial charge in [0.05, 0.1) is 22.0 Å². The summed E-state index contributed by atoms with van der Waals surface area (Å²) in [6, 6.07) is 7.03. The minimum atomic E-state index is -0.0452. The molecular formula is C18H27N3OS. The normalized spacial score (nSPS) is 25.4. The highest BCUT2D eigenvalue weighted by Crippen LogP contribution is 2.30. The maximum absolute atomic E-state index is 9.17. The van der Waals surface area contributed by atoms with Gasteiger partial charge >= 0.3 is 0 Å². The molecule has 2 unspecified atom stereocenters. The average Bonchev–Trinajstić information content (AvgIpc) is 3.22. The first-order valence-electron chi connectivity index (χ1n) is 8.60. The largest absolute Gasteiger partial charge is 0.393 e. The molecule has 1 aromatic heterocycles. The monoisotopic (exact) mass is 333 g/mol. The molecule has 1 aromatic carbocycles. The van der Waals surface area contributed by atoms with Gasteiger partial charge in [0, 0.05) is 25.7 Å². The minimum absolute atomic E-state index is 0.0452. The Labute approximate surface area is 142 Å². The summed E-state index contributed by atoms with van der Waals surface area (Å²) in [7, 11) is 2.11. The van der Waals surface area contributed by atoms with Crippen molar-refractivity contribution in [3.8, 4) is 0 Å². The molecule has 0 aliphatic carbocycles. The molecular weight excluding hydrogens is 306 g/mol. The van der Waals surface area contributed by atoms with Crippen LogP contribution < -0.4 is 4.90 Å². The molecule has 0 bridgehead atoms. The highest BCUT2D eigenvalue weighted by molar-refractivity contribution is 7.16. The third-order valence-corrected chi connectivity index (χ3v) is 5.76. The van der Waals surface area contributed by atoms with Crippen LogP contribution in [0.25, 0.3) is 10.2 Å². The van der Waals surface area contributed by atoms with Gasteiger partial charge in [-0.1, -0.05) is 6.07 Å². The van der Waals surface area contributed by atoms with E-state index in [9.17, 15) is 5.11 Å². The molecule has 5 heteroatoms. The summed E-state index contributed by atoms with van der Waals surface area (Å²) in [6.07, 6.45) is 4.48. The van der Waals surface area contributed by atoms with Crippen LogP contribution in [-0.4, -0.2) is 53.8 Å². The zero-order chi connectivity index (χ0) is 16.2. The highest BCUT2D eigenvalue weighted by Gasteiger charge is 2.20. The van der Waals surface area contributed by atoms with Gasteiger partial charge in [0.15, 0.2) is 0 Å². The number of aliphatic hydroxyl groups is 1. The molecule has 2 fully saturated rings. The Morgan fingerprint density at radius 3 is 2.70 bits per heavy atom. The van der Waals surface area contributed by atoms with Gasteiger partial charge in [0.1, 0.15) is 5.52 Å². The Bertz CT molecular complexity index is 624. The minimum Gasteiger partial charge on any atom is -0.393 e. The molecule has 4 rings (SSSR count). The number of rotatable bonds is 1. The Balaban J connectivity index is 0.000000151. The summed E-state index contributed by atoms with van der Waals surface area (Å²) < 4.78 is 1.30. The molecule has 0 spiro atoms. The van der Waals surface area contributed by atoms with E-state index in [4.69, 9.17) is 0 Å². The summed E-state index contributed by atoms with van der Waals surface area (Å²) in [6.45, 7) is 5.58. The second-order valence-corrected chi connectivity index (χ2v) is 7.56. The molecule has 2 saturated heterocycles. The smallest absolute Gasteiger partial charge is 0.104 e. The topological polar surface area (TPSA) is 39.6 Å². The van der Waals surface area contributed by atoms with Crippen LogP contribution in [0.1, 0.15) is 32.6 Å². The van der Waals surface area contributed by atoms with Crippen LogP contribution in [-0.2, 0) is 0 Å². The predicted molar refractivity (Wildman–Crippen MR) is 98.4 cm³/mol. The number of anilines is 1. The Hall–Kier alpha value is -1.17. The summed E-state index contributed by atoms with van der Waals surface area (Å²) >= 11 is 1.72. The van der Waals surface area contributed by atoms with Crippen LogP contribution in [0.2, 0.25) is 0 Å². The zero-order valence-corrected chi connectivity index (χ0v) is 14.9. The summed E-state index contributed by atoms with van der Waals surface area (Å²) in [5, 5.41) is 9.17. The van der Waals surface area contributed by atoms with Crippen molar-refractivity contribution in [3.05, 3.63) is 23.7 Å². The molecule has 1 N–H and O–H groups in total. The number of hydrogen-bond donors (Lipinski definition) is 1. The van der Waals surface area contributed by atoms with Crippen molar-refractivity contribution < 1.29 is 5.11 Å². The summed E-state index contributed by atoms with van der Waals surface area (Å²) in [5.74, 6) is 0. The Morgan fingerprint density at radius 2 is 2.00 bits per heavy atom. The number of thiazole rings is 1. The van der Waals surface area contributed by atoms with Gasteiger partial charge in [-0.15, -0.1) is 11.3 Å². The quantitative estimate of drug-likeness (QED) is 0.869. The van der Waals surface area contributed by atoms with E-state index in [0.29, 0.717) is 6.04 Å². The number of aromatic nitrogens is 1. The van der Waals surface area contributed by atoms with E-state index < -0.39 is 0 Å². The van der Waals surface area contributed by atoms with Crippen LogP contribution in [0.3, 0.4) is 0 Å². The molecule has 0 radical (unpaired) electrons. The van der Waals surface area contributed by atoms with Gasteiger partial charge in [0.2, 0.25) is 0 Å². The average molecular weight is 334 g/mol. The third-order valence-electron chi connectivity index (χ3n) is 4.97. The fraction of sp³-hybridized carbons (Fsp3) is 0.611. The number of fused-ring (bicyclic) bond motifs is 1. The molecule has 2 aromatic rings. The molecule has 0 saturated carbocycles. The van der Waals surface area contributed by atoms with E-state index in [2.05, 4.69) is 47.0 Å². The molecule has 126 valence electrons. The number of likely N-dealkylation sites (tertiary alicyclic amines) is 1. The fourth-order valence-electron chi connectivity index (χ4n) is 3.35. The van der Waals surface area contributed by atoms with Crippen molar-refractivity contribution in [1.29, 1.82) is 0 Å². The SMILES string of the molecule is CC1CC(O)CCN1C.c1cc(N2CCCC2)c2ncsc2c1. The standard InChI is InChI=1S/C11H12N2S.C7H15NO/c1-2-7-13(6-1)9-4-3-5-10-11(9)12-8-14-10;1-6-5-7(9)3-4-8(6)2/h3-5,8H,1-2,6-7H2;6-7,9H,3-5H2,1-2H3. The van der Waals surface area contributed by atoms with E-state index >= 15 is 0 Å². The van der Waals surface area contributed by atoms with Crippen molar-refractivity contribution in [2.45, 2.75) is 44.8 Å². The summed E-state index contributed by atoms with van der Waals surface area (Å²) in [4.78, 5) is 9.17. The van der Waals surface area contributed by atoms with Crippen molar-refractivity contribution in [3.63, 3.8) is 0 Å². The van der Waals surface area contributed by atoms with Crippen LogP contribution in [0.15, 0.2) is 23.7 Å². The molecule has 4 nitrogen and oxygen atoms in total. The third kappa shape index (κ3) is 4.03. The fourth-order valence-corrected chi connectivity index (χ4v) is 4.05. The molecule has 2 atom stereocenters. The lowest BCUT2D eigenvalue weighted by Crippen LogP contribution is -2.39. The summed E-state index contributed by atoms with van der Waals surface area (Å²) in [5.41, 5.74) is 4.44.